The van der Waals surface area contributed by atoms with Gasteiger partial charge >= 0.3 is 6.09 Å². The Labute approximate surface area is 215 Å². The second kappa shape index (κ2) is 10.6. The maximum Gasteiger partial charge on any atom is 0.410 e. The number of amides is 3. The summed E-state index contributed by atoms with van der Waals surface area (Å²) in [4.78, 5) is 43.7. The molecule has 1 aliphatic heterocycles. The molecule has 1 aromatic heterocycles. The molecule has 3 aromatic rings. The quantitative estimate of drug-likeness (QED) is 0.361. The molecule has 37 heavy (non-hydrogen) atoms. The van der Waals surface area contributed by atoms with Crippen LogP contribution in [0.3, 0.4) is 0 Å². The Hall–Kier alpha value is -3.98. The minimum atomic E-state index is -0.816. The minimum Gasteiger partial charge on any atom is -0.444 e. The van der Waals surface area contributed by atoms with E-state index in [2.05, 4.69) is 22.4 Å². The van der Waals surface area contributed by atoms with Gasteiger partial charge in [0.1, 0.15) is 5.60 Å². The zero-order valence-corrected chi connectivity index (χ0v) is 21.4. The van der Waals surface area contributed by atoms with Crippen molar-refractivity contribution in [1.29, 1.82) is 0 Å². The Morgan fingerprint density at radius 2 is 1.78 bits per heavy atom. The van der Waals surface area contributed by atoms with Crippen LogP contribution in [0, 0.1) is 12.8 Å². The number of nitrogens with zero attached hydrogens (tertiary/aromatic N) is 2. The number of rotatable bonds is 5. The maximum atomic E-state index is 13.0. The van der Waals surface area contributed by atoms with Gasteiger partial charge in [-0.3, -0.25) is 19.8 Å². The molecule has 4 rings (SSSR count). The van der Waals surface area contributed by atoms with Crippen molar-refractivity contribution in [2.24, 2.45) is 5.92 Å². The summed E-state index contributed by atoms with van der Waals surface area (Å²) in [6, 6.07) is 16.7. The highest BCUT2D eigenvalue weighted by Crippen LogP contribution is 2.23. The van der Waals surface area contributed by atoms with E-state index in [1.807, 2.05) is 37.3 Å². The molecule has 3 N–H and O–H groups in total. The molecule has 2 heterocycles. The molecule has 2 atom stereocenters. The number of aryl methyl sites for hydroxylation is 1. The third-order valence-corrected chi connectivity index (χ3v) is 6.28. The Morgan fingerprint density at radius 3 is 2.46 bits per heavy atom. The monoisotopic (exact) mass is 504 g/mol. The molecular formula is C28H32N4O5. The first kappa shape index (κ1) is 26.1. The Balaban J connectivity index is 1.45. The third kappa shape index (κ3) is 6.24. The summed E-state index contributed by atoms with van der Waals surface area (Å²) in [5, 5.41) is 13.1. The van der Waals surface area contributed by atoms with Crippen molar-refractivity contribution in [2.75, 3.05) is 13.1 Å². The van der Waals surface area contributed by atoms with E-state index < -0.39 is 29.6 Å². The smallest absolute Gasteiger partial charge is 0.410 e. The molecule has 1 aliphatic rings. The first-order valence-electron chi connectivity index (χ1n) is 12.2. The average Bonchev–Trinajstić information content (AvgIpc) is 3.27. The number of hydrogen-bond donors (Lipinski definition) is 3. The zero-order valence-electron chi connectivity index (χ0n) is 21.4. The third-order valence-electron chi connectivity index (χ3n) is 6.28. The van der Waals surface area contributed by atoms with Crippen LogP contribution in [0.5, 0.6) is 0 Å². The van der Waals surface area contributed by atoms with E-state index >= 15 is 0 Å². The number of hydroxylamine groups is 1. The highest BCUT2D eigenvalue weighted by Gasteiger charge is 2.41. The van der Waals surface area contributed by atoms with Crippen molar-refractivity contribution in [3.05, 3.63) is 77.0 Å². The number of likely N-dealkylation sites (tertiary alicyclic amines) is 1. The minimum absolute atomic E-state index is 0.0184. The van der Waals surface area contributed by atoms with Crippen LogP contribution in [-0.2, 0) is 16.0 Å². The normalized spacial score (nSPS) is 17.5. The molecule has 0 bridgehead atoms. The lowest BCUT2D eigenvalue weighted by atomic mass is 9.99. The van der Waals surface area contributed by atoms with Gasteiger partial charge in [0.2, 0.25) is 5.91 Å². The van der Waals surface area contributed by atoms with Crippen molar-refractivity contribution in [3.63, 3.8) is 0 Å². The molecule has 0 aliphatic carbocycles. The Morgan fingerprint density at radius 1 is 1.08 bits per heavy atom. The highest BCUT2D eigenvalue weighted by atomic mass is 16.6. The van der Waals surface area contributed by atoms with E-state index in [-0.39, 0.29) is 19.0 Å². The zero-order chi connectivity index (χ0) is 26.7. The van der Waals surface area contributed by atoms with Gasteiger partial charge in [-0.2, -0.15) is 0 Å². The fourth-order valence-corrected chi connectivity index (χ4v) is 4.56. The van der Waals surface area contributed by atoms with Crippen molar-refractivity contribution in [3.8, 4) is 0 Å². The van der Waals surface area contributed by atoms with Gasteiger partial charge < -0.3 is 15.0 Å². The summed E-state index contributed by atoms with van der Waals surface area (Å²) in [7, 11) is 0. The average molecular weight is 505 g/mol. The summed E-state index contributed by atoms with van der Waals surface area (Å²) in [5.41, 5.74) is 5.46. The van der Waals surface area contributed by atoms with Crippen molar-refractivity contribution in [2.45, 2.75) is 45.8 Å². The Kier molecular flexibility index (Phi) is 7.45. The van der Waals surface area contributed by atoms with Gasteiger partial charge in [-0.15, -0.1) is 0 Å². The molecule has 2 aromatic carbocycles. The van der Waals surface area contributed by atoms with Gasteiger partial charge in [0, 0.05) is 29.7 Å². The predicted octanol–water partition coefficient (Wildman–Crippen LogP) is 3.60. The van der Waals surface area contributed by atoms with E-state index in [4.69, 9.17) is 9.94 Å². The molecule has 194 valence electrons. The van der Waals surface area contributed by atoms with E-state index in [1.165, 1.54) is 4.90 Å². The molecule has 0 radical (unpaired) electrons. The second-order valence-corrected chi connectivity index (χ2v) is 10.4. The van der Waals surface area contributed by atoms with E-state index in [0.717, 1.165) is 27.7 Å². The number of benzene rings is 2. The first-order chi connectivity index (χ1) is 17.5. The number of pyridine rings is 1. The van der Waals surface area contributed by atoms with Crippen molar-refractivity contribution >= 4 is 28.8 Å². The molecular weight excluding hydrogens is 472 g/mol. The number of nitrogens with one attached hydrogen (secondary N) is 2. The van der Waals surface area contributed by atoms with E-state index in [0.29, 0.717) is 12.0 Å². The number of fused-ring (bicyclic) bond motifs is 1. The molecule has 3 amide bonds. The molecule has 0 saturated carbocycles. The molecule has 0 spiro atoms. The fourth-order valence-electron chi connectivity index (χ4n) is 4.56. The lowest BCUT2D eigenvalue weighted by Gasteiger charge is -2.24. The topological polar surface area (TPSA) is 121 Å². The van der Waals surface area contributed by atoms with Crippen LogP contribution in [-0.4, -0.2) is 57.7 Å². The molecule has 1 fully saturated rings. The van der Waals surface area contributed by atoms with Crippen LogP contribution in [0.4, 0.5) is 4.79 Å². The second-order valence-electron chi connectivity index (χ2n) is 10.4. The summed E-state index contributed by atoms with van der Waals surface area (Å²) in [6.45, 7) is 7.33. The van der Waals surface area contributed by atoms with Gasteiger partial charge in [-0.1, -0.05) is 30.3 Å². The lowest BCUT2D eigenvalue weighted by Crippen LogP contribution is -2.45. The van der Waals surface area contributed by atoms with Crippen LogP contribution in [0.1, 0.15) is 48.0 Å². The number of ether oxygens (including phenoxy) is 1. The lowest BCUT2D eigenvalue weighted by molar-refractivity contribution is -0.133. The van der Waals surface area contributed by atoms with Gasteiger partial charge in [0.05, 0.1) is 17.5 Å². The van der Waals surface area contributed by atoms with Crippen molar-refractivity contribution in [1.82, 2.24) is 20.7 Å². The SMILES string of the molecule is Cc1cc(Cc2ccc(C(=O)N[C@@H]3CN(C(=O)OC(C)(C)C)C[C@@H]3C(=O)NO)cc2)c2ccccc2n1. The number of carbonyl (C=O) groups is 3. The fraction of sp³-hybridized carbons (Fsp3) is 0.357. The first-order valence-corrected chi connectivity index (χ1v) is 12.2. The Bertz CT molecular complexity index is 1320. The molecule has 9 heteroatoms. The van der Waals surface area contributed by atoms with Gasteiger partial charge in [-0.05, 0) is 69.5 Å². The van der Waals surface area contributed by atoms with Crippen LogP contribution >= 0.6 is 0 Å². The van der Waals surface area contributed by atoms with E-state index in [1.54, 1.807) is 38.4 Å². The standard InChI is InChI=1S/C28H32N4O5/c1-17-13-20(21-7-5-6-8-23(21)29-17)14-18-9-11-19(12-10-18)25(33)30-24-16-32(15-22(24)26(34)31-36)27(35)37-28(2,3)4/h5-13,22,24,36H,14-16H2,1-4H3,(H,30,33)(H,31,34)/t22-,24+/m0/s1. The van der Waals surface area contributed by atoms with Crippen LogP contribution in [0.25, 0.3) is 10.9 Å². The largest absolute Gasteiger partial charge is 0.444 e. The predicted molar refractivity (Wildman–Crippen MR) is 138 cm³/mol. The van der Waals surface area contributed by atoms with Gasteiger partial charge in [0.15, 0.2) is 0 Å². The van der Waals surface area contributed by atoms with Crippen LogP contribution in [0.2, 0.25) is 0 Å². The molecule has 9 nitrogen and oxygen atoms in total. The maximum absolute atomic E-state index is 13.0. The van der Waals surface area contributed by atoms with Crippen molar-refractivity contribution < 1.29 is 24.3 Å². The summed E-state index contributed by atoms with van der Waals surface area (Å²) in [6.07, 6.45) is 0.112. The summed E-state index contributed by atoms with van der Waals surface area (Å²) in [5.74, 6) is -1.86. The molecule has 0 unspecified atom stereocenters. The van der Waals surface area contributed by atoms with Gasteiger partial charge in [-0.25, -0.2) is 10.3 Å². The van der Waals surface area contributed by atoms with E-state index in [9.17, 15) is 14.4 Å². The molecule has 1 saturated heterocycles. The number of carbonyl (C=O) groups excluding carboxylic acids is 3. The van der Waals surface area contributed by atoms with Crippen LogP contribution < -0.4 is 10.8 Å². The highest BCUT2D eigenvalue weighted by molar-refractivity contribution is 5.95. The van der Waals surface area contributed by atoms with Gasteiger partial charge in [0.25, 0.3) is 5.91 Å². The summed E-state index contributed by atoms with van der Waals surface area (Å²) >= 11 is 0. The number of aromatic nitrogens is 1. The van der Waals surface area contributed by atoms with Crippen LogP contribution in [0.15, 0.2) is 54.6 Å². The summed E-state index contributed by atoms with van der Waals surface area (Å²) < 4.78 is 5.39. The number of para-hydroxylation sites is 1. The number of hydrogen-bond acceptors (Lipinski definition) is 6.